The highest BCUT2D eigenvalue weighted by atomic mass is 35.5. The van der Waals surface area contributed by atoms with E-state index < -0.39 is 10.0 Å². The minimum atomic E-state index is -3.23. The number of anilines is 2. The van der Waals surface area contributed by atoms with Crippen molar-refractivity contribution >= 4 is 46.2 Å². The molecule has 2 aromatic rings. The molecule has 0 bridgehead atoms. The van der Waals surface area contributed by atoms with Crippen LogP contribution in [0.1, 0.15) is 18.4 Å². The molecule has 1 aliphatic rings. The summed E-state index contributed by atoms with van der Waals surface area (Å²) in [5, 5.41) is 0. The van der Waals surface area contributed by atoms with Gasteiger partial charge in [-0.25, -0.2) is 8.42 Å². The lowest BCUT2D eigenvalue weighted by Gasteiger charge is -2.38. The Hall–Kier alpha value is -1.47. The molecular formula is C20H29Cl2N3O2S. The summed E-state index contributed by atoms with van der Waals surface area (Å²) in [5.74, 6) is 0. The van der Waals surface area contributed by atoms with Gasteiger partial charge in [-0.1, -0.05) is 30.3 Å². The minimum Gasteiger partial charge on any atom is -0.371 e. The fourth-order valence-corrected chi connectivity index (χ4v) is 4.08. The van der Waals surface area contributed by atoms with E-state index in [9.17, 15) is 8.42 Å². The molecule has 0 amide bonds. The van der Waals surface area contributed by atoms with Crippen LogP contribution >= 0.6 is 24.8 Å². The molecule has 28 heavy (non-hydrogen) atoms. The average Bonchev–Trinajstić information content (AvgIpc) is 2.62. The third kappa shape index (κ3) is 7.17. The van der Waals surface area contributed by atoms with E-state index in [0.717, 1.165) is 44.4 Å². The van der Waals surface area contributed by atoms with E-state index in [0.29, 0.717) is 11.7 Å². The van der Waals surface area contributed by atoms with Gasteiger partial charge in [0, 0.05) is 37.1 Å². The van der Waals surface area contributed by atoms with E-state index in [1.54, 1.807) is 0 Å². The number of hydrogen-bond acceptors (Lipinski definition) is 4. The predicted molar refractivity (Wildman–Crippen MR) is 123 cm³/mol. The summed E-state index contributed by atoms with van der Waals surface area (Å²) >= 11 is 0. The molecule has 8 heteroatoms. The van der Waals surface area contributed by atoms with Gasteiger partial charge < -0.3 is 4.90 Å². The number of rotatable bonds is 6. The van der Waals surface area contributed by atoms with Gasteiger partial charge >= 0.3 is 0 Å². The molecule has 0 radical (unpaired) electrons. The highest BCUT2D eigenvalue weighted by Gasteiger charge is 2.22. The van der Waals surface area contributed by atoms with Gasteiger partial charge in [0.1, 0.15) is 0 Å². The van der Waals surface area contributed by atoms with E-state index in [4.69, 9.17) is 0 Å². The van der Waals surface area contributed by atoms with Gasteiger partial charge in [0.25, 0.3) is 0 Å². The third-order valence-corrected chi connectivity index (χ3v) is 5.50. The van der Waals surface area contributed by atoms with Crippen LogP contribution in [0.2, 0.25) is 0 Å². The van der Waals surface area contributed by atoms with Crippen LogP contribution < -0.4 is 9.62 Å². The first-order valence-electron chi connectivity index (χ1n) is 8.98. The van der Waals surface area contributed by atoms with E-state index in [1.807, 2.05) is 24.3 Å². The molecule has 0 saturated carbocycles. The van der Waals surface area contributed by atoms with Crippen molar-refractivity contribution < 1.29 is 8.42 Å². The zero-order valence-corrected chi connectivity index (χ0v) is 18.7. The van der Waals surface area contributed by atoms with E-state index in [2.05, 4.69) is 51.9 Å². The fourth-order valence-electron chi connectivity index (χ4n) is 3.52. The first kappa shape index (κ1) is 24.6. The number of sulfonamides is 1. The van der Waals surface area contributed by atoms with Crippen molar-refractivity contribution in [3.05, 3.63) is 60.2 Å². The third-order valence-electron chi connectivity index (χ3n) is 4.90. The number of halogens is 2. The summed E-state index contributed by atoms with van der Waals surface area (Å²) < 4.78 is 25.1. The van der Waals surface area contributed by atoms with Gasteiger partial charge in [-0.3, -0.25) is 9.62 Å². The Balaban J connectivity index is 0.00000196. The maximum Gasteiger partial charge on any atom is 0.229 e. The second-order valence-corrected chi connectivity index (χ2v) is 8.79. The molecular weight excluding hydrogens is 417 g/mol. The molecule has 0 atom stereocenters. The van der Waals surface area contributed by atoms with Crippen LogP contribution in [0.25, 0.3) is 0 Å². The Morgan fingerprint density at radius 1 is 1.00 bits per heavy atom. The Labute approximate surface area is 181 Å². The maximum absolute atomic E-state index is 11.3. The van der Waals surface area contributed by atoms with Gasteiger partial charge in [0.15, 0.2) is 0 Å². The minimum absolute atomic E-state index is 0. The van der Waals surface area contributed by atoms with Crippen molar-refractivity contribution in [3.8, 4) is 0 Å². The molecule has 5 nitrogen and oxygen atoms in total. The first-order chi connectivity index (χ1) is 12.4. The molecule has 1 heterocycles. The number of piperidine rings is 1. The lowest BCUT2D eigenvalue weighted by molar-refractivity contribution is 0.200. The summed E-state index contributed by atoms with van der Waals surface area (Å²) in [6, 6.07) is 18.8. The van der Waals surface area contributed by atoms with Crippen molar-refractivity contribution in [2.75, 3.05) is 36.0 Å². The molecule has 1 N–H and O–H groups in total. The molecule has 3 rings (SSSR count). The SMILES string of the molecule is CN(Cc1ccccc1)C1CCN(c2ccc(NS(C)(=O)=O)cc2)CC1.Cl.Cl. The Bertz CT molecular complexity index is 809. The highest BCUT2D eigenvalue weighted by molar-refractivity contribution is 7.92. The van der Waals surface area contributed by atoms with Crippen molar-refractivity contribution in [3.63, 3.8) is 0 Å². The predicted octanol–water partition coefficient (Wildman–Crippen LogP) is 4.00. The van der Waals surface area contributed by atoms with Crippen LogP contribution in [0.15, 0.2) is 54.6 Å². The van der Waals surface area contributed by atoms with Crippen LogP contribution in [0.5, 0.6) is 0 Å². The van der Waals surface area contributed by atoms with Gasteiger partial charge in [0.05, 0.1) is 6.26 Å². The summed E-state index contributed by atoms with van der Waals surface area (Å²) in [7, 11) is -1.02. The monoisotopic (exact) mass is 445 g/mol. The molecule has 2 aromatic carbocycles. The van der Waals surface area contributed by atoms with Gasteiger partial charge in [-0.2, -0.15) is 0 Å². The Morgan fingerprint density at radius 3 is 2.11 bits per heavy atom. The fraction of sp³-hybridized carbons (Fsp3) is 0.400. The maximum atomic E-state index is 11.3. The summed E-state index contributed by atoms with van der Waals surface area (Å²) in [5.41, 5.74) is 3.10. The number of nitrogens with zero attached hydrogens (tertiary/aromatic N) is 2. The molecule has 156 valence electrons. The summed E-state index contributed by atoms with van der Waals surface area (Å²) in [6.45, 7) is 3.02. The van der Waals surface area contributed by atoms with Crippen molar-refractivity contribution in [1.82, 2.24) is 4.90 Å². The number of hydrogen-bond donors (Lipinski definition) is 1. The van der Waals surface area contributed by atoms with Crippen LogP contribution in [-0.2, 0) is 16.6 Å². The largest absolute Gasteiger partial charge is 0.371 e. The highest BCUT2D eigenvalue weighted by Crippen LogP contribution is 2.24. The summed E-state index contributed by atoms with van der Waals surface area (Å²) in [6.07, 6.45) is 3.43. The lowest BCUT2D eigenvalue weighted by atomic mass is 10.0. The molecule has 0 unspecified atom stereocenters. The van der Waals surface area contributed by atoms with Crippen molar-refractivity contribution in [2.24, 2.45) is 0 Å². The smallest absolute Gasteiger partial charge is 0.229 e. The van der Waals surface area contributed by atoms with Crippen molar-refractivity contribution in [1.29, 1.82) is 0 Å². The second kappa shape index (κ2) is 10.9. The molecule has 0 spiro atoms. The Kier molecular flexibility index (Phi) is 9.57. The van der Waals surface area contributed by atoms with Crippen LogP contribution in [-0.4, -0.2) is 45.8 Å². The van der Waals surface area contributed by atoms with Crippen molar-refractivity contribution in [2.45, 2.75) is 25.4 Å². The second-order valence-electron chi connectivity index (χ2n) is 7.04. The molecule has 1 aliphatic heterocycles. The molecule has 1 saturated heterocycles. The quantitative estimate of drug-likeness (QED) is 0.729. The topological polar surface area (TPSA) is 52.6 Å². The average molecular weight is 446 g/mol. The summed E-state index contributed by atoms with van der Waals surface area (Å²) in [4.78, 5) is 4.82. The van der Waals surface area contributed by atoms with Crippen LogP contribution in [0, 0.1) is 0 Å². The zero-order valence-electron chi connectivity index (χ0n) is 16.2. The van der Waals surface area contributed by atoms with Gasteiger partial charge in [-0.15, -0.1) is 24.8 Å². The molecule has 0 aromatic heterocycles. The first-order valence-corrected chi connectivity index (χ1v) is 10.9. The van der Waals surface area contributed by atoms with Crippen LogP contribution in [0.3, 0.4) is 0 Å². The molecule has 0 aliphatic carbocycles. The van der Waals surface area contributed by atoms with Crippen LogP contribution in [0.4, 0.5) is 11.4 Å². The van der Waals surface area contributed by atoms with E-state index in [1.165, 1.54) is 5.56 Å². The van der Waals surface area contributed by atoms with Gasteiger partial charge in [0.2, 0.25) is 10.0 Å². The van der Waals surface area contributed by atoms with E-state index >= 15 is 0 Å². The standard InChI is InChI=1S/C20H27N3O2S.2ClH/c1-22(16-17-6-4-3-5-7-17)19-12-14-23(15-13-19)20-10-8-18(9-11-20)21-26(2,24)25;;/h3-11,19,21H,12-16H2,1-2H3;2*1H. The van der Waals surface area contributed by atoms with E-state index in [-0.39, 0.29) is 24.8 Å². The normalized spacial score (nSPS) is 14.9. The number of nitrogens with one attached hydrogen (secondary N) is 1. The molecule has 1 fully saturated rings. The van der Waals surface area contributed by atoms with Gasteiger partial charge in [-0.05, 0) is 49.7 Å². The zero-order chi connectivity index (χ0) is 18.6. The Morgan fingerprint density at radius 2 is 1.57 bits per heavy atom. The number of benzene rings is 2. The lowest BCUT2D eigenvalue weighted by Crippen LogP contribution is -2.43.